The molecule has 0 unspecified atom stereocenters. The zero-order valence-electron chi connectivity index (χ0n) is 72.9. The molecular weight excluding hydrogens is 1800 g/mol. The molecule has 0 radical (unpaired) electrons. The van der Waals surface area contributed by atoms with E-state index in [9.17, 15) is 0 Å². The molecule has 0 spiro atoms. The van der Waals surface area contributed by atoms with Gasteiger partial charge in [0.25, 0.3) is 0 Å². The van der Waals surface area contributed by atoms with Crippen LogP contribution < -0.4 is 56.8 Å². The molecule has 0 saturated carbocycles. The van der Waals surface area contributed by atoms with Crippen molar-refractivity contribution in [2.45, 2.75) is 235 Å². The molecule has 720 valence electrons. The molecule has 0 aliphatic rings. The third-order valence-corrected chi connectivity index (χ3v) is 21.7. The Morgan fingerprint density at radius 2 is 0.258 bits per heavy atom. The average Bonchev–Trinajstić information content (AvgIpc) is 0.720. The third kappa shape index (κ3) is 23.6. The standard InChI is InChI=1S/C96H96F24O12/c1-7-13-19-25-31-121-91-79(109)67(97)55(68(98)80(91)110)43-127-61-37-49-50(38-62(61)128-44-56-69(99)81(111)92(82(112)70(56)100)122-32-26-20-14-8-2)52-40-64(130-46-58-73(103)85(115)94(86(116)74(58)104)124-34-28-22-16-10-4)66(132-48-60-77(107)89(119)96(90(120)78(60)108)126-36-30-24-18-12-6)42-54(52)53-41-65(131-47-59-75(105)87(117)95(88(118)76(59)106)125-35-29-23-17-11-5)63(39-51(49)53)129-45-57-71(101)83(113)93(84(114)72(57)102)123-33-27-21-15-9-3/h37-42H,7-36,43-48H2,1-6H3. The van der Waals surface area contributed by atoms with Gasteiger partial charge in [0.1, 0.15) is 39.6 Å². The highest BCUT2D eigenvalue weighted by Gasteiger charge is 2.36. The predicted octanol–water partition coefficient (Wildman–Crippen LogP) is 29.7. The van der Waals surface area contributed by atoms with Crippen LogP contribution in [0.25, 0.3) is 32.3 Å². The number of unbranched alkanes of at least 4 members (excludes halogenated alkanes) is 18. The average molecular weight is 1900 g/mol. The van der Waals surface area contributed by atoms with E-state index in [1.807, 2.05) is 41.5 Å². The molecule has 0 aliphatic carbocycles. The lowest BCUT2D eigenvalue weighted by Gasteiger charge is -2.22. The summed E-state index contributed by atoms with van der Waals surface area (Å²) < 4.78 is 458. The fourth-order valence-electron chi connectivity index (χ4n) is 14.3. The van der Waals surface area contributed by atoms with Gasteiger partial charge in [-0.15, -0.1) is 0 Å². The molecule has 12 nitrogen and oxygen atoms in total. The molecule has 0 aromatic heterocycles. The van der Waals surface area contributed by atoms with E-state index in [0.29, 0.717) is 116 Å². The number of benzene rings is 10. The molecule has 10 rings (SSSR count). The Hall–Kier alpha value is -11.1. The molecule has 10 aromatic carbocycles. The van der Waals surface area contributed by atoms with Crippen molar-refractivity contribution in [3.05, 3.63) is 209 Å². The largest absolute Gasteiger partial charge is 0.487 e. The zero-order chi connectivity index (χ0) is 95.9. The van der Waals surface area contributed by atoms with Gasteiger partial charge in [0.05, 0.1) is 73.0 Å². The topological polar surface area (TPSA) is 111 Å². The molecule has 10 aromatic rings. The van der Waals surface area contributed by atoms with Gasteiger partial charge in [-0.05, 0) is 107 Å². The normalized spacial score (nSPS) is 11.6. The summed E-state index contributed by atoms with van der Waals surface area (Å²) in [6.45, 7) is -1.92. The van der Waals surface area contributed by atoms with Crippen molar-refractivity contribution in [1.82, 2.24) is 0 Å². The van der Waals surface area contributed by atoms with Gasteiger partial charge in [0.2, 0.25) is 69.8 Å². The number of hydrogen-bond donors (Lipinski definition) is 0. The Kier molecular flexibility index (Phi) is 37.9. The number of halogens is 24. The minimum atomic E-state index is -2.17. The van der Waals surface area contributed by atoms with Gasteiger partial charge in [0.15, 0.2) is 139 Å². The SMILES string of the molecule is CCCCCCOc1c(F)c(F)c(COc2cc3c4cc(OCc5c(F)c(F)c(OCCCCCC)c(F)c5F)c(OCc5c(F)c(F)c(OCCCCCC)c(F)c5F)cc4c4cc(OCc5c(F)c(F)c(OCCCCCC)c(F)c5F)c(OCc5c(F)c(F)c(OCCCCCC)c(F)c5F)cc4c3cc2OCc2c(F)c(F)c(OCCCCCC)c(F)c2F)c(F)c1F. The molecular formula is C96H96F24O12. The number of rotatable bonds is 54. The van der Waals surface area contributed by atoms with Crippen LogP contribution in [0.15, 0.2) is 36.4 Å². The van der Waals surface area contributed by atoms with Crippen molar-refractivity contribution in [1.29, 1.82) is 0 Å². The van der Waals surface area contributed by atoms with Crippen molar-refractivity contribution in [2.75, 3.05) is 39.6 Å². The van der Waals surface area contributed by atoms with Crippen LogP contribution in [0.1, 0.15) is 229 Å². The lowest BCUT2D eigenvalue weighted by Crippen LogP contribution is -2.13. The minimum absolute atomic E-state index is 0.140. The van der Waals surface area contributed by atoms with Gasteiger partial charge in [-0.25, -0.2) is 52.7 Å². The van der Waals surface area contributed by atoms with Crippen LogP contribution in [0.3, 0.4) is 0 Å². The van der Waals surface area contributed by atoms with Crippen molar-refractivity contribution in [3.8, 4) is 69.0 Å². The van der Waals surface area contributed by atoms with Crippen LogP contribution in [0.5, 0.6) is 69.0 Å². The molecule has 36 heteroatoms. The summed E-state index contributed by atoms with van der Waals surface area (Å²) in [5.41, 5.74) is -9.52. The number of ether oxygens (including phenoxy) is 12. The van der Waals surface area contributed by atoms with E-state index < -0.39 is 354 Å². The molecule has 132 heavy (non-hydrogen) atoms. The highest BCUT2D eigenvalue weighted by atomic mass is 19.2. The monoisotopic (exact) mass is 1900 g/mol. The smallest absolute Gasteiger partial charge is 0.204 e. The second-order valence-corrected chi connectivity index (χ2v) is 31.1. The lowest BCUT2D eigenvalue weighted by molar-refractivity contribution is 0.231. The predicted molar refractivity (Wildman–Crippen MR) is 440 cm³/mol. The highest BCUT2D eigenvalue weighted by molar-refractivity contribution is 6.27. The summed E-state index contributed by atoms with van der Waals surface area (Å²) in [6.07, 6.45) is 11.3. The lowest BCUT2D eigenvalue weighted by atomic mass is 9.93. The third-order valence-electron chi connectivity index (χ3n) is 21.7. The second kappa shape index (κ2) is 48.5. The Labute approximate surface area is 744 Å². The summed E-state index contributed by atoms with van der Waals surface area (Å²) in [5, 5.41) is -3.38. The van der Waals surface area contributed by atoms with E-state index in [-0.39, 0.29) is 38.5 Å². The van der Waals surface area contributed by atoms with E-state index in [1.54, 1.807) is 0 Å². The maximum Gasteiger partial charge on any atom is 0.204 e. The summed E-state index contributed by atoms with van der Waals surface area (Å²) in [5.74, 6) is -66.8. The van der Waals surface area contributed by atoms with Crippen LogP contribution in [-0.2, 0) is 39.6 Å². The van der Waals surface area contributed by atoms with Gasteiger partial charge >= 0.3 is 0 Å². The Balaban J connectivity index is 1.29. The van der Waals surface area contributed by atoms with E-state index >= 15 is 105 Å². The summed E-state index contributed by atoms with van der Waals surface area (Å²) in [7, 11) is 0. The fourth-order valence-corrected chi connectivity index (χ4v) is 14.3. The van der Waals surface area contributed by atoms with Gasteiger partial charge in [-0.3, -0.25) is 0 Å². The summed E-state index contributed by atoms with van der Waals surface area (Å²) in [6, 6.07) is 4.38. The van der Waals surface area contributed by atoms with Crippen molar-refractivity contribution < 1.29 is 162 Å². The zero-order valence-corrected chi connectivity index (χ0v) is 72.9. The van der Waals surface area contributed by atoms with E-state index in [1.165, 1.54) is 0 Å². The first-order valence-electron chi connectivity index (χ1n) is 43.5. The van der Waals surface area contributed by atoms with E-state index in [0.717, 1.165) is 36.4 Å². The Morgan fingerprint density at radius 3 is 0.364 bits per heavy atom. The molecule has 0 heterocycles. The van der Waals surface area contributed by atoms with E-state index in [4.69, 9.17) is 56.8 Å². The molecule has 0 saturated heterocycles. The molecule has 0 amide bonds. The van der Waals surface area contributed by atoms with Gasteiger partial charge < -0.3 is 56.8 Å². The first-order valence-corrected chi connectivity index (χ1v) is 43.5. The Bertz CT molecular complexity index is 4630. The van der Waals surface area contributed by atoms with Crippen LogP contribution in [-0.4, -0.2) is 39.6 Å². The molecule has 0 fully saturated rings. The molecule has 0 N–H and O–H groups in total. The maximum atomic E-state index is 16.5. The van der Waals surface area contributed by atoms with Crippen LogP contribution in [0, 0.1) is 140 Å². The number of fused-ring (bicyclic) bond motifs is 6. The molecule has 0 atom stereocenters. The van der Waals surface area contributed by atoms with Crippen molar-refractivity contribution >= 4 is 32.3 Å². The van der Waals surface area contributed by atoms with E-state index in [2.05, 4.69) is 0 Å². The molecule has 0 aliphatic heterocycles. The van der Waals surface area contributed by atoms with Crippen LogP contribution in [0.4, 0.5) is 105 Å². The van der Waals surface area contributed by atoms with Gasteiger partial charge in [-0.2, -0.15) is 52.7 Å². The second-order valence-electron chi connectivity index (χ2n) is 31.1. The van der Waals surface area contributed by atoms with Crippen LogP contribution in [0.2, 0.25) is 0 Å². The van der Waals surface area contributed by atoms with Gasteiger partial charge in [-0.1, -0.05) is 157 Å². The molecule has 0 bridgehead atoms. The summed E-state index contributed by atoms with van der Waals surface area (Å²) in [4.78, 5) is 0. The van der Waals surface area contributed by atoms with Gasteiger partial charge in [0, 0.05) is 0 Å². The first kappa shape index (κ1) is 103. The number of hydrogen-bond acceptors (Lipinski definition) is 12. The Morgan fingerprint density at radius 1 is 0.144 bits per heavy atom. The van der Waals surface area contributed by atoms with Crippen molar-refractivity contribution in [2.24, 2.45) is 0 Å². The van der Waals surface area contributed by atoms with Crippen molar-refractivity contribution in [3.63, 3.8) is 0 Å². The quantitative estimate of drug-likeness (QED) is 0.0157. The highest BCUT2D eigenvalue weighted by Crippen LogP contribution is 2.50. The first-order chi connectivity index (χ1) is 63.3. The maximum absolute atomic E-state index is 16.5. The minimum Gasteiger partial charge on any atom is -0.487 e. The summed E-state index contributed by atoms with van der Waals surface area (Å²) >= 11 is 0. The fraction of sp³-hybridized carbons (Fsp3) is 0.438. The van der Waals surface area contributed by atoms with Crippen LogP contribution >= 0.6 is 0 Å².